The van der Waals surface area contributed by atoms with E-state index < -0.39 is 51.1 Å². The first-order valence-corrected chi connectivity index (χ1v) is 24.7. The van der Waals surface area contributed by atoms with Crippen molar-refractivity contribution in [3.63, 3.8) is 0 Å². The molecule has 4 N–H and O–H groups in total. The molecule has 12 heteroatoms. The molecule has 0 aliphatic carbocycles. The molecule has 1 unspecified atom stereocenters. The van der Waals surface area contributed by atoms with Crippen molar-refractivity contribution in [2.45, 2.75) is 238 Å². The largest absolute Gasteiger partial charge is 0.480 e. The summed E-state index contributed by atoms with van der Waals surface area (Å²) in [4.78, 5) is 46.0. The van der Waals surface area contributed by atoms with Crippen LogP contribution in [0.1, 0.15) is 226 Å². The minimum atomic E-state index is -4.71. The van der Waals surface area contributed by atoms with E-state index in [1.807, 2.05) is 0 Å². The molecular formula is C45H86NO10P. The Balaban J connectivity index is 4.29. The van der Waals surface area contributed by atoms with Crippen LogP contribution in [0.3, 0.4) is 0 Å². The number of phosphoric ester groups is 1. The highest BCUT2D eigenvalue weighted by Gasteiger charge is 2.28. The van der Waals surface area contributed by atoms with E-state index in [2.05, 4.69) is 30.5 Å². The standard InChI is InChI=1S/C45H86NO10P/c1-3-5-7-9-11-13-15-17-19-20-21-22-23-25-27-29-31-33-35-37-44(48)56-41(39-54-57(51,52)55-40-42(46)45(49)50)38-53-43(47)36-34-32-30-28-26-24-18-16-14-12-10-8-6-4-2/h20-21,41-42H,3-19,22-40,46H2,1-2H3,(H,49,50)(H,51,52)/b21-20-/t41-,42+/m1/s1. The molecule has 0 saturated heterocycles. The fraction of sp³-hybridized carbons (Fsp3) is 0.889. The van der Waals surface area contributed by atoms with Crippen molar-refractivity contribution in [2.24, 2.45) is 5.73 Å². The molecule has 0 spiro atoms. The Morgan fingerprint density at radius 3 is 1.28 bits per heavy atom. The minimum Gasteiger partial charge on any atom is -0.480 e. The summed E-state index contributed by atoms with van der Waals surface area (Å²) in [6.45, 7) is 2.83. The van der Waals surface area contributed by atoms with Gasteiger partial charge in [-0.25, -0.2) is 4.57 Å². The van der Waals surface area contributed by atoms with Crippen molar-refractivity contribution < 1.29 is 47.5 Å². The van der Waals surface area contributed by atoms with Gasteiger partial charge in [0.1, 0.15) is 12.6 Å². The monoisotopic (exact) mass is 832 g/mol. The lowest BCUT2D eigenvalue weighted by Gasteiger charge is -2.20. The number of carbonyl (C=O) groups is 3. The number of hydrogen-bond donors (Lipinski definition) is 3. The number of carboxylic acid groups (broad SMARTS) is 1. The van der Waals surface area contributed by atoms with Crippen LogP contribution in [-0.4, -0.2) is 59.9 Å². The number of hydrogen-bond acceptors (Lipinski definition) is 9. The van der Waals surface area contributed by atoms with Crippen LogP contribution in [0.25, 0.3) is 0 Å². The summed E-state index contributed by atoms with van der Waals surface area (Å²) in [5.74, 6) is -2.37. The molecule has 0 bridgehead atoms. The van der Waals surface area contributed by atoms with Crippen LogP contribution >= 0.6 is 7.82 Å². The van der Waals surface area contributed by atoms with E-state index in [9.17, 15) is 23.8 Å². The fourth-order valence-electron chi connectivity index (χ4n) is 6.59. The van der Waals surface area contributed by atoms with Crippen molar-refractivity contribution in [3.05, 3.63) is 12.2 Å². The lowest BCUT2D eigenvalue weighted by molar-refractivity contribution is -0.161. The molecule has 0 aliphatic rings. The number of unbranched alkanes of at least 4 members (excludes halogenated alkanes) is 28. The molecule has 0 amide bonds. The summed E-state index contributed by atoms with van der Waals surface area (Å²) >= 11 is 0. The third-order valence-corrected chi connectivity index (χ3v) is 11.2. The highest BCUT2D eigenvalue weighted by Crippen LogP contribution is 2.43. The van der Waals surface area contributed by atoms with Gasteiger partial charge < -0.3 is 25.2 Å². The van der Waals surface area contributed by atoms with Gasteiger partial charge in [-0.1, -0.05) is 187 Å². The molecule has 0 fully saturated rings. The van der Waals surface area contributed by atoms with Crippen molar-refractivity contribution in [3.8, 4) is 0 Å². The van der Waals surface area contributed by atoms with E-state index >= 15 is 0 Å². The maximum absolute atomic E-state index is 12.6. The number of carbonyl (C=O) groups excluding carboxylic acids is 2. The van der Waals surface area contributed by atoms with E-state index in [0.29, 0.717) is 12.8 Å². The zero-order valence-electron chi connectivity index (χ0n) is 36.5. The number of carboxylic acids is 1. The van der Waals surface area contributed by atoms with E-state index in [0.717, 1.165) is 44.9 Å². The number of aliphatic carboxylic acids is 1. The number of phosphoric acid groups is 1. The molecule has 11 nitrogen and oxygen atoms in total. The predicted molar refractivity (Wildman–Crippen MR) is 231 cm³/mol. The Morgan fingerprint density at radius 2 is 0.877 bits per heavy atom. The van der Waals surface area contributed by atoms with E-state index in [-0.39, 0.29) is 19.4 Å². The van der Waals surface area contributed by atoms with Crippen LogP contribution in [0.5, 0.6) is 0 Å². The number of ether oxygens (including phenoxy) is 2. The quantitative estimate of drug-likeness (QED) is 0.0231. The molecule has 0 saturated carbocycles. The third kappa shape index (κ3) is 40.8. The fourth-order valence-corrected chi connectivity index (χ4v) is 7.37. The maximum atomic E-state index is 12.6. The zero-order valence-corrected chi connectivity index (χ0v) is 37.3. The van der Waals surface area contributed by atoms with Crippen molar-refractivity contribution >= 4 is 25.7 Å². The van der Waals surface area contributed by atoms with E-state index in [1.54, 1.807) is 0 Å². The molecular weight excluding hydrogens is 745 g/mol. The van der Waals surface area contributed by atoms with Gasteiger partial charge in [-0.05, 0) is 38.5 Å². The molecule has 336 valence electrons. The second-order valence-electron chi connectivity index (χ2n) is 15.9. The van der Waals surface area contributed by atoms with Gasteiger partial charge in [0.15, 0.2) is 6.10 Å². The van der Waals surface area contributed by atoms with Crippen molar-refractivity contribution in [2.75, 3.05) is 19.8 Å². The predicted octanol–water partition coefficient (Wildman–Crippen LogP) is 12.5. The minimum absolute atomic E-state index is 0.161. The van der Waals surface area contributed by atoms with Gasteiger partial charge in [0.2, 0.25) is 0 Å². The first kappa shape index (κ1) is 55.2. The van der Waals surface area contributed by atoms with Crippen LogP contribution in [-0.2, 0) is 37.5 Å². The first-order chi connectivity index (χ1) is 27.6. The average Bonchev–Trinajstić information content (AvgIpc) is 3.19. The van der Waals surface area contributed by atoms with Crippen LogP contribution in [0.4, 0.5) is 0 Å². The first-order valence-electron chi connectivity index (χ1n) is 23.2. The molecule has 0 aromatic carbocycles. The second kappa shape index (κ2) is 41.0. The smallest absolute Gasteiger partial charge is 0.472 e. The van der Waals surface area contributed by atoms with E-state index in [4.69, 9.17) is 24.8 Å². The zero-order chi connectivity index (χ0) is 42.1. The summed E-state index contributed by atoms with van der Waals surface area (Å²) in [6.07, 6.45) is 41.3. The number of nitrogens with two attached hydrogens (primary N) is 1. The molecule has 3 atom stereocenters. The maximum Gasteiger partial charge on any atom is 0.472 e. The highest BCUT2D eigenvalue weighted by atomic mass is 31.2. The molecule has 57 heavy (non-hydrogen) atoms. The van der Waals surface area contributed by atoms with Gasteiger partial charge in [-0.3, -0.25) is 23.4 Å². The molecule has 0 heterocycles. The van der Waals surface area contributed by atoms with Crippen LogP contribution in [0, 0.1) is 0 Å². The second-order valence-corrected chi connectivity index (χ2v) is 17.3. The van der Waals surface area contributed by atoms with Crippen molar-refractivity contribution in [1.29, 1.82) is 0 Å². The SMILES string of the molecule is CCCCCCCCCC/C=C\CCCCCCCCCC(=O)O[C@H](COC(=O)CCCCCCCCCCCCCCCC)COP(=O)(O)OC[C@H](N)C(=O)O. The van der Waals surface area contributed by atoms with Gasteiger partial charge >= 0.3 is 25.7 Å². The molecule has 0 aromatic rings. The van der Waals surface area contributed by atoms with Gasteiger partial charge in [-0.2, -0.15) is 0 Å². The van der Waals surface area contributed by atoms with Gasteiger partial charge in [0.05, 0.1) is 13.2 Å². The highest BCUT2D eigenvalue weighted by molar-refractivity contribution is 7.47. The van der Waals surface area contributed by atoms with Gasteiger partial charge in [-0.15, -0.1) is 0 Å². The Labute approximate surface area is 348 Å². The number of rotatable bonds is 44. The van der Waals surface area contributed by atoms with Gasteiger partial charge in [0.25, 0.3) is 0 Å². The summed E-state index contributed by atoms with van der Waals surface area (Å²) in [5, 5.41) is 8.89. The third-order valence-electron chi connectivity index (χ3n) is 10.3. The van der Waals surface area contributed by atoms with Crippen LogP contribution < -0.4 is 5.73 Å². The summed E-state index contributed by atoms with van der Waals surface area (Å²) in [6, 6.07) is -1.52. The lowest BCUT2D eigenvalue weighted by atomic mass is 10.0. The van der Waals surface area contributed by atoms with Gasteiger partial charge in [0, 0.05) is 12.8 Å². The average molecular weight is 832 g/mol. The number of esters is 2. The Kier molecular flexibility index (Phi) is 39.7. The Hall–Kier alpha value is -1.78. The molecule has 0 rings (SSSR count). The normalized spacial score (nSPS) is 13.8. The topological polar surface area (TPSA) is 172 Å². The lowest BCUT2D eigenvalue weighted by Crippen LogP contribution is -2.34. The molecule has 0 aliphatic heterocycles. The van der Waals surface area contributed by atoms with E-state index in [1.165, 1.54) is 141 Å². The Bertz CT molecular complexity index is 1030. The van der Waals surface area contributed by atoms with Crippen LogP contribution in [0.2, 0.25) is 0 Å². The Morgan fingerprint density at radius 1 is 0.526 bits per heavy atom. The van der Waals surface area contributed by atoms with Crippen LogP contribution in [0.15, 0.2) is 12.2 Å². The number of allylic oxidation sites excluding steroid dienone is 2. The molecule has 0 aromatic heterocycles. The van der Waals surface area contributed by atoms with Crippen molar-refractivity contribution in [1.82, 2.24) is 0 Å². The summed E-state index contributed by atoms with van der Waals surface area (Å²) < 4.78 is 32.7. The summed E-state index contributed by atoms with van der Waals surface area (Å²) in [7, 11) is -4.71. The molecule has 0 radical (unpaired) electrons. The summed E-state index contributed by atoms with van der Waals surface area (Å²) in [5.41, 5.74) is 5.34.